The third-order valence-corrected chi connectivity index (χ3v) is 3.49. The van der Waals surface area contributed by atoms with Crippen LogP contribution >= 0.6 is 0 Å². The first-order chi connectivity index (χ1) is 9.20. The molecule has 4 nitrogen and oxygen atoms in total. The molecule has 0 bridgehead atoms. The van der Waals surface area contributed by atoms with Gasteiger partial charge in [0.2, 0.25) is 0 Å². The van der Waals surface area contributed by atoms with Crippen LogP contribution in [0.25, 0.3) is 10.9 Å². The average molecular weight is 260 g/mol. The smallest absolute Gasteiger partial charge is 0.303 e. The molecule has 0 aliphatic heterocycles. The molecule has 1 aromatic carbocycles. The van der Waals surface area contributed by atoms with Crippen molar-refractivity contribution in [1.29, 1.82) is 0 Å². The quantitative estimate of drug-likeness (QED) is 0.717. The molecule has 0 amide bonds. The number of para-hydroxylation sites is 1. The maximum atomic E-state index is 10.5. The Labute approximate surface area is 112 Å². The Kier molecular flexibility index (Phi) is 4.58. The van der Waals surface area contributed by atoms with E-state index in [4.69, 9.17) is 5.11 Å². The highest BCUT2D eigenvalue weighted by atomic mass is 16.4. The van der Waals surface area contributed by atoms with Crippen LogP contribution < -0.4 is 5.32 Å². The van der Waals surface area contributed by atoms with Gasteiger partial charge >= 0.3 is 5.97 Å². The molecular weight excluding hydrogens is 240 g/mol. The number of rotatable bonds is 7. The van der Waals surface area contributed by atoms with E-state index < -0.39 is 5.97 Å². The molecule has 0 aliphatic rings. The van der Waals surface area contributed by atoms with Crippen LogP contribution in [-0.2, 0) is 11.2 Å². The minimum Gasteiger partial charge on any atom is -0.481 e. The highest BCUT2D eigenvalue weighted by Crippen LogP contribution is 2.20. The van der Waals surface area contributed by atoms with E-state index in [1.807, 2.05) is 25.4 Å². The molecule has 0 saturated carbocycles. The molecule has 102 valence electrons. The van der Waals surface area contributed by atoms with E-state index in [-0.39, 0.29) is 6.42 Å². The third kappa shape index (κ3) is 3.58. The first-order valence-corrected chi connectivity index (χ1v) is 6.64. The maximum Gasteiger partial charge on any atom is 0.303 e. The highest BCUT2D eigenvalue weighted by Gasteiger charge is 2.11. The van der Waals surface area contributed by atoms with Gasteiger partial charge in [-0.3, -0.25) is 4.79 Å². The van der Waals surface area contributed by atoms with Crippen molar-refractivity contribution in [3.8, 4) is 0 Å². The van der Waals surface area contributed by atoms with Crippen LogP contribution in [0.15, 0.2) is 30.5 Å². The van der Waals surface area contributed by atoms with Crippen molar-refractivity contribution in [1.82, 2.24) is 10.3 Å². The molecule has 4 heteroatoms. The van der Waals surface area contributed by atoms with Gasteiger partial charge in [0.1, 0.15) is 0 Å². The van der Waals surface area contributed by atoms with Crippen molar-refractivity contribution >= 4 is 16.9 Å². The molecule has 1 heterocycles. The van der Waals surface area contributed by atoms with Gasteiger partial charge in [0.15, 0.2) is 0 Å². The summed E-state index contributed by atoms with van der Waals surface area (Å²) in [4.78, 5) is 13.8. The number of aromatic amines is 1. The predicted molar refractivity (Wildman–Crippen MR) is 76.3 cm³/mol. The molecule has 0 spiro atoms. The van der Waals surface area contributed by atoms with Gasteiger partial charge in [-0.05, 0) is 37.9 Å². The average Bonchev–Trinajstić information content (AvgIpc) is 2.80. The number of carbonyl (C=O) groups is 1. The topological polar surface area (TPSA) is 65.1 Å². The minimum atomic E-state index is -0.720. The number of carboxylic acids is 1. The zero-order valence-corrected chi connectivity index (χ0v) is 11.1. The van der Waals surface area contributed by atoms with Gasteiger partial charge in [-0.15, -0.1) is 0 Å². The monoisotopic (exact) mass is 260 g/mol. The largest absolute Gasteiger partial charge is 0.481 e. The van der Waals surface area contributed by atoms with Crippen molar-refractivity contribution < 1.29 is 9.90 Å². The SMILES string of the molecule is CNC(CCCC(=O)O)Cc1c[nH]c2ccccc12. The second-order valence-corrected chi connectivity index (χ2v) is 4.84. The number of aliphatic carboxylic acids is 1. The molecule has 1 aromatic heterocycles. The molecule has 0 fully saturated rings. The summed E-state index contributed by atoms with van der Waals surface area (Å²) in [6, 6.07) is 8.56. The standard InChI is InChI=1S/C15H20N2O2/c1-16-12(5-4-8-15(18)19)9-11-10-17-14-7-3-2-6-13(11)14/h2-3,6-7,10,12,16-17H,4-5,8-9H2,1H3,(H,18,19). The number of H-pyrrole nitrogens is 1. The fraction of sp³-hybridized carbons (Fsp3) is 0.400. The number of aromatic nitrogens is 1. The van der Waals surface area contributed by atoms with Crippen LogP contribution in [0.2, 0.25) is 0 Å². The van der Waals surface area contributed by atoms with Crippen LogP contribution in [0, 0.1) is 0 Å². The van der Waals surface area contributed by atoms with Crippen molar-refractivity contribution in [2.45, 2.75) is 31.7 Å². The van der Waals surface area contributed by atoms with Gasteiger partial charge in [-0.1, -0.05) is 18.2 Å². The molecule has 0 aliphatic carbocycles. The summed E-state index contributed by atoms with van der Waals surface area (Å²) in [6.45, 7) is 0. The second kappa shape index (κ2) is 6.38. The lowest BCUT2D eigenvalue weighted by atomic mass is 10.0. The van der Waals surface area contributed by atoms with Crippen molar-refractivity contribution in [3.63, 3.8) is 0 Å². The van der Waals surface area contributed by atoms with Crippen molar-refractivity contribution in [3.05, 3.63) is 36.0 Å². The predicted octanol–water partition coefficient (Wildman–Crippen LogP) is 2.55. The summed E-state index contributed by atoms with van der Waals surface area (Å²) in [5.74, 6) is -0.720. The molecule has 1 unspecified atom stereocenters. The van der Waals surface area contributed by atoms with Crippen molar-refractivity contribution in [2.75, 3.05) is 7.05 Å². The number of benzene rings is 1. The normalized spacial score (nSPS) is 12.7. The van der Waals surface area contributed by atoms with Crippen LogP contribution in [0.5, 0.6) is 0 Å². The van der Waals surface area contributed by atoms with Crippen LogP contribution in [-0.4, -0.2) is 29.1 Å². The van der Waals surface area contributed by atoms with E-state index in [1.165, 1.54) is 10.9 Å². The molecule has 19 heavy (non-hydrogen) atoms. The molecule has 0 saturated heterocycles. The number of likely N-dealkylation sites (N-methyl/N-ethyl adjacent to an activating group) is 1. The van der Waals surface area contributed by atoms with E-state index in [0.717, 1.165) is 18.4 Å². The zero-order valence-electron chi connectivity index (χ0n) is 11.1. The summed E-state index contributed by atoms with van der Waals surface area (Å²) in [6.07, 6.45) is 4.80. The lowest BCUT2D eigenvalue weighted by Gasteiger charge is -2.15. The number of hydrogen-bond donors (Lipinski definition) is 3. The Morgan fingerprint density at radius 2 is 2.21 bits per heavy atom. The molecule has 1 atom stereocenters. The lowest BCUT2D eigenvalue weighted by Crippen LogP contribution is -2.27. The summed E-state index contributed by atoms with van der Waals surface area (Å²) >= 11 is 0. The molecule has 3 N–H and O–H groups in total. The van der Waals surface area contributed by atoms with Gasteiger partial charge in [0.25, 0.3) is 0 Å². The van der Waals surface area contributed by atoms with Gasteiger partial charge in [-0.25, -0.2) is 0 Å². The summed E-state index contributed by atoms with van der Waals surface area (Å²) in [5.41, 5.74) is 2.43. The van der Waals surface area contributed by atoms with Gasteiger partial charge in [0, 0.05) is 29.6 Å². The maximum absolute atomic E-state index is 10.5. The Morgan fingerprint density at radius 1 is 1.42 bits per heavy atom. The molecule has 2 rings (SSSR count). The van der Waals surface area contributed by atoms with Gasteiger partial charge in [-0.2, -0.15) is 0 Å². The molecule has 2 aromatic rings. The summed E-state index contributed by atoms with van der Waals surface area (Å²) in [5, 5.41) is 13.2. The van der Waals surface area contributed by atoms with Crippen molar-refractivity contribution in [2.24, 2.45) is 0 Å². The first kappa shape index (κ1) is 13.6. The zero-order chi connectivity index (χ0) is 13.7. The number of carboxylic acid groups (broad SMARTS) is 1. The lowest BCUT2D eigenvalue weighted by molar-refractivity contribution is -0.137. The Bertz CT molecular complexity index is 548. The first-order valence-electron chi connectivity index (χ1n) is 6.64. The number of hydrogen-bond acceptors (Lipinski definition) is 2. The van der Waals surface area contributed by atoms with E-state index in [9.17, 15) is 4.79 Å². The van der Waals surface area contributed by atoms with E-state index in [1.54, 1.807) is 0 Å². The Hall–Kier alpha value is -1.81. The van der Waals surface area contributed by atoms with Crippen LogP contribution in [0.3, 0.4) is 0 Å². The molecular formula is C15H20N2O2. The second-order valence-electron chi connectivity index (χ2n) is 4.84. The molecule has 0 radical (unpaired) electrons. The van der Waals surface area contributed by atoms with Crippen LogP contribution in [0.4, 0.5) is 0 Å². The van der Waals surface area contributed by atoms with Gasteiger partial charge in [0.05, 0.1) is 0 Å². The fourth-order valence-electron chi connectivity index (χ4n) is 2.41. The Balaban J connectivity index is 1.99. The van der Waals surface area contributed by atoms with Crippen LogP contribution in [0.1, 0.15) is 24.8 Å². The fourth-order valence-corrected chi connectivity index (χ4v) is 2.41. The van der Waals surface area contributed by atoms with Gasteiger partial charge < -0.3 is 15.4 Å². The summed E-state index contributed by atoms with van der Waals surface area (Å²) in [7, 11) is 1.93. The Morgan fingerprint density at radius 3 is 2.95 bits per heavy atom. The van der Waals surface area contributed by atoms with E-state index >= 15 is 0 Å². The minimum absolute atomic E-state index is 0.242. The third-order valence-electron chi connectivity index (χ3n) is 3.49. The van der Waals surface area contributed by atoms with E-state index in [2.05, 4.69) is 22.4 Å². The number of nitrogens with one attached hydrogen (secondary N) is 2. The number of fused-ring (bicyclic) bond motifs is 1. The van der Waals surface area contributed by atoms with E-state index in [0.29, 0.717) is 12.5 Å². The summed E-state index contributed by atoms with van der Waals surface area (Å²) < 4.78 is 0. The highest BCUT2D eigenvalue weighted by molar-refractivity contribution is 5.83.